The number of rotatable bonds is 6. The Kier molecular flexibility index (Phi) is 6.38. The smallest absolute Gasteiger partial charge is 0.257 e. The van der Waals surface area contributed by atoms with Gasteiger partial charge in [0.05, 0.1) is 25.4 Å². The predicted molar refractivity (Wildman–Crippen MR) is 117 cm³/mol. The number of aryl methyl sites for hydroxylation is 2. The average Bonchev–Trinajstić information content (AvgIpc) is 3.15. The summed E-state index contributed by atoms with van der Waals surface area (Å²) in [6, 6.07) is 14.5. The standard InChI is InChI=1S/C24H31N3O2/c1-16(2)26(5)15-24(28)27-23(19-9-11-20(29-6)12-10-19)14-22(25-27)21-13-17(3)7-8-18(21)4/h7-13,16,23H,14-15H2,1-6H3/t23-/m1/s1. The zero-order chi connectivity index (χ0) is 21.1. The number of ether oxygens (including phenoxy) is 1. The lowest BCUT2D eigenvalue weighted by Crippen LogP contribution is -2.39. The molecule has 0 saturated heterocycles. The largest absolute Gasteiger partial charge is 0.497 e. The summed E-state index contributed by atoms with van der Waals surface area (Å²) in [4.78, 5) is 15.2. The molecule has 5 heteroatoms. The summed E-state index contributed by atoms with van der Waals surface area (Å²) in [6.07, 6.45) is 0.702. The minimum Gasteiger partial charge on any atom is -0.497 e. The third-order valence-corrected chi connectivity index (χ3v) is 5.64. The number of methoxy groups -OCH3 is 1. The van der Waals surface area contributed by atoms with Crippen LogP contribution in [0, 0.1) is 13.8 Å². The number of hydrazone groups is 1. The van der Waals surface area contributed by atoms with E-state index in [0.29, 0.717) is 19.0 Å². The highest BCUT2D eigenvalue weighted by Gasteiger charge is 2.34. The van der Waals surface area contributed by atoms with Crippen molar-refractivity contribution in [1.82, 2.24) is 9.91 Å². The maximum atomic E-state index is 13.1. The van der Waals surface area contributed by atoms with Gasteiger partial charge in [-0.1, -0.05) is 29.8 Å². The third-order valence-electron chi connectivity index (χ3n) is 5.64. The molecule has 0 saturated carbocycles. The Labute approximate surface area is 174 Å². The Morgan fingerprint density at radius 3 is 2.52 bits per heavy atom. The van der Waals surface area contributed by atoms with Gasteiger partial charge in [-0.25, -0.2) is 5.01 Å². The minimum absolute atomic E-state index is 0.0160. The maximum absolute atomic E-state index is 13.1. The molecule has 0 unspecified atom stereocenters. The average molecular weight is 394 g/mol. The lowest BCUT2D eigenvalue weighted by Gasteiger charge is -2.26. The Hall–Kier alpha value is -2.66. The first-order valence-corrected chi connectivity index (χ1v) is 10.1. The molecule has 3 rings (SSSR count). The van der Waals surface area contributed by atoms with E-state index in [0.717, 1.165) is 22.6 Å². The first-order chi connectivity index (χ1) is 13.8. The molecule has 0 fully saturated rings. The monoisotopic (exact) mass is 393 g/mol. The van der Waals surface area contributed by atoms with Crippen LogP contribution in [-0.4, -0.2) is 48.3 Å². The van der Waals surface area contributed by atoms with Crippen molar-refractivity contribution in [3.8, 4) is 5.75 Å². The van der Waals surface area contributed by atoms with Gasteiger partial charge in [0.2, 0.25) is 0 Å². The summed E-state index contributed by atoms with van der Waals surface area (Å²) in [5.74, 6) is 0.821. The molecule has 2 aromatic rings. The molecule has 0 radical (unpaired) electrons. The number of hydrogen-bond donors (Lipinski definition) is 0. The topological polar surface area (TPSA) is 45.1 Å². The zero-order valence-electron chi connectivity index (χ0n) is 18.3. The fraction of sp³-hybridized carbons (Fsp3) is 0.417. The molecular formula is C24H31N3O2. The van der Waals surface area contributed by atoms with E-state index < -0.39 is 0 Å². The Morgan fingerprint density at radius 2 is 1.90 bits per heavy atom. The second-order valence-electron chi connectivity index (χ2n) is 8.11. The summed E-state index contributed by atoms with van der Waals surface area (Å²) in [7, 11) is 3.63. The summed E-state index contributed by atoms with van der Waals surface area (Å²) in [6.45, 7) is 8.69. The van der Waals surface area contributed by atoms with Gasteiger partial charge in [-0.05, 0) is 64.1 Å². The minimum atomic E-state index is -0.108. The molecule has 0 aromatic heterocycles. The highest BCUT2D eigenvalue weighted by Crippen LogP contribution is 2.34. The van der Waals surface area contributed by atoms with Gasteiger partial charge >= 0.3 is 0 Å². The van der Waals surface area contributed by atoms with Crippen molar-refractivity contribution in [1.29, 1.82) is 0 Å². The van der Waals surface area contributed by atoms with Gasteiger partial charge in [0.1, 0.15) is 5.75 Å². The van der Waals surface area contributed by atoms with Gasteiger partial charge < -0.3 is 4.74 Å². The van der Waals surface area contributed by atoms with Crippen LogP contribution in [0.15, 0.2) is 47.6 Å². The molecule has 0 bridgehead atoms. The summed E-state index contributed by atoms with van der Waals surface area (Å²) >= 11 is 0. The van der Waals surface area contributed by atoms with Crippen LogP contribution >= 0.6 is 0 Å². The van der Waals surface area contributed by atoms with Crippen LogP contribution in [0.4, 0.5) is 0 Å². The fourth-order valence-corrected chi connectivity index (χ4v) is 3.50. The van der Waals surface area contributed by atoms with Crippen LogP contribution in [0.25, 0.3) is 0 Å². The van der Waals surface area contributed by atoms with Gasteiger partial charge in [0, 0.05) is 18.0 Å². The Morgan fingerprint density at radius 1 is 1.21 bits per heavy atom. The second kappa shape index (κ2) is 8.78. The lowest BCUT2D eigenvalue weighted by atomic mass is 9.95. The van der Waals surface area contributed by atoms with Crippen molar-refractivity contribution < 1.29 is 9.53 Å². The van der Waals surface area contributed by atoms with Crippen molar-refractivity contribution in [3.05, 3.63) is 64.7 Å². The number of benzene rings is 2. The van der Waals surface area contributed by atoms with Crippen molar-refractivity contribution >= 4 is 11.6 Å². The van der Waals surface area contributed by atoms with Crippen molar-refractivity contribution in [2.45, 2.75) is 46.2 Å². The first kappa shape index (κ1) is 21.1. The second-order valence-corrected chi connectivity index (χ2v) is 8.11. The molecule has 5 nitrogen and oxygen atoms in total. The van der Waals surface area contributed by atoms with Gasteiger partial charge in [-0.2, -0.15) is 5.10 Å². The Balaban J connectivity index is 1.95. The number of hydrogen-bond acceptors (Lipinski definition) is 4. The number of nitrogens with zero attached hydrogens (tertiary/aromatic N) is 3. The fourth-order valence-electron chi connectivity index (χ4n) is 3.50. The lowest BCUT2D eigenvalue weighted by molar-refractivity contribution is -0.134. The van der Waals surface area contributed by atoms with Crippen LogP contribution in [-0.2, 0) is 4.79 Å². The molecule has 0 spiro atoms. The van der Waals surface area contributed by atoms with Crippen molar-refractivity contribution in [3.63, 3.8) is 0 Å². The number of likely N-dealkylation sites (N-methyl/N-ethyl adjacent to an activating group) is 1. The highest BCUT2D eigenvalue weighted by atomic mass is 16.5. The van der Waals surface area contributed by atoms with Crippen LogP contribution in [0.2, 0.25) is 0 Å². The summed E-state index contributed by atoms with van der Waals surface area (Å²) in [5.41, 5.74) is 5.52. The molecule has 1 aliphatic rings. The highest BCUT2D eigenvalue weighted by molar-refractivity contribution is 6.04. The molecule has 1 atom stereocenters. The molecule has 1 aliphatic heterocycles. The van der Waals surface area contributed by atoms with E-state index in [2.05, 4.69) is 45.9 Å². The van der Waals surface area contributed by atoms with Gasteiger partial charge in [0.15, 0.2) is 0 Å². The summed E-state index contributed by atoms with van der Waals surface area (Å²) in [5, 5.41) is 6.49. The third kappa shape index (κ3) is 4.67. The number of carbonyl (C=O) groups excluding carboxylic acids is 1. The van der Waals surface area contributed by atoms with E-state index in [9.17, 15) is 4.79 Å². The number of carbonyl (C=O) groups is 1. The van der Waals surface area contributed by atoms with E-state index in [1.807, 2.05) is 36.2 Å². The quantitative estimate of drug-likeness (QED) is 0.734. The van der Waals surface area contributed by atoms with E-state index in [1.165, 1.54) is 11.1 Å². The molecule has 1 heterocycles. The zero-order valence-corrected chi connectivity index (χ0v) is 18.3. The van der Waals surface area contributed by atoms with Crippen LogP contribution < -0.4 is 4.74 Å². The SMILES string of the molecule is COc1ccc([C@H]2CC(c3cc(C)ccc3C)=NN2C(=O)CN(C)C(C)C)cc1. The molecule has 1 amide bonds. The molecule has 0 N–H and O–H groups in total. The van der Waals surface area contributed by atoms with E-state index in [1.54, 1.807) is 12.1 Å². The van der Waals surface area contributed by atoms with Crippen molar-refractivity contribution in [2.24, 2.45) is 5.10 Å². The van der Waals surface area contributed by atoms with Crippen LogP contribution in [0.5, 0.6) is 5.75 Å². The first-order valence-electron chi connectivity index (χ1n) is 10.1. The molecule has 0 aliphatic carbocycles. The number of amides is 1. The molecular weight excluding hydrogens is 362 g/mol. The van der Waals surface area contributed by atoms with Crippen LogP contribution in [0.1, 0.15) is 48.6 Å². The predicted octanol–water partition coefficient (Wildman–Crippen LogP) is 4.33. The molecule has 29 heavy (non-hydrogen) atoms. The van der Waals surface area contributed by atoms with Crippen molar-refractivity contribution in [2.75, 3.05) is 20.7 Å². The van der Waals surface area contributed by atoms with Gasteiger partial charge in [0.25, 0.3) is 5.91 Å². The van der Waals surface area contributed by atoms with E-state index >= 15 is 0 Å². The normalized spacial score (nSPS) is 16.5. The van der Waals surface area contributed by atoms with E-state index in [4.69, 9.17) is 9.84 Å². The van der Waals surface area contributed by atoms with Crippen LogP contribution in [0.3, 0.4) is 0 Å². The molecule has 154 valence electrons. The molecule has 2 aromatic carbocycles. The Bertz CT molecular complexity index is 903. The van der Waals surface area contributed by atoms with Gasteiger partial charge in [-0.3, -0.25) is 9.69 Å². The maximum Gasteiger partial charge on any atom is 0.257 e. The van der Waals surface area contributed by atoms with E-state index in [-0.39, 0.29) is 11.9 Å². The van der Waals surface area contributed by atoms with Gasteiger partial charge in [-0.15, -0.1) is 0 Å². The summed E-state index contributed by atoms with van der Waals surface area (Å²) < 4.78 is 5.29.